The molecule has 3 nitrogen and oxygen atoms in total. The van der Waals surface area contributed by atoms with E-state index in [1.54, 1.807) is 13.0 Å². The molecule has 2 aliphatic rings. The van der Waals surface area contributed by atoms with Crippen molar-refractivity contribution in [3.63, 3.8) is 0 Å². The van der Waals surface area contributed by atoms with Crippen molar-refractivity contribution in [2.45, 2.75) is 50.4 Å². The van der Waals surface area contributed by atoms with Crippen molar-refractivity contribution < 1.29 is 14.9 Å². The van der Waals surface area contributed by atoms with Crippen molar-refractivity contribution in [1.82, 2.24) is 0 Å². The average molecular weight is 222 g/mol. The topological polar surface area (TPSA) is 49.7 Å². The Morgan fingerprint density at radius 2 is 2.25 bits per heavy atom. The summed E-state index contributed by atoms with van der Waals surface area (Å²) in [5.74, 6) is 5.59. The maximum absolute atomic E-state index is 10.1. The molecular formula is C13H18O3. The van der Waals surface area contributed by atoms with Crippen LogP contribution in [0.3, 0.4) is 0 Å². The minimum absolute atomic E-state index is 0.557. The molecule has 1 heterocycles. The molecule has 1 aliphatic carbocycles. The molecule has 2 fully saturated rings. The number of allylic oxidation sites excluding steroid dienone is 1. The quantitative estimate of drug-likeness (QED) is 0.601. The van der Waals surface area contributed by atoms with Gasteiger partial charge in [0, 0.05) is 13.0 Å². The van der Waals surface area contributed by atoms with Crippen LogP contribution in [0.2, 0.25) is 0 Å². The van der Waals surface area contributed by atoms with Crippen molar-refractivity contribution in [3.8, 4) is 11.8 Å². The van der Waals surface area contributed by atoms with E-state index in [0.29, 0.717) is 13.0 Å². The molecule has 2 rings (SSSR count). The van der Waals surface area contributed by atoms with Crippen LogP contribution < -0.4 is 0 Å². The van der Waals surface area contributed by atoms with Gasteiger partial charge in [0.15, 0.2) is 0 Å². The van der Waals surface area contributed by atoms with Gasteiger partial charge in [-0.15, -0.1) is 5.92 Å². The zero-order valence-electron chi connectivity index (χ0n) is 9.57. The highest BCUT2D eigenvalue weighted by Gasteiger charge is 2.51. The van der Waals surface area contributed by atoms with E-state index in [4.69, 9.17) is 4.74 Å². The number of hydrogen-bond donors (Lipinski definition) is 2. The van der Waals surface area contributed by atoms with E-state index >= 15 is 0 Å². The van der Waals surface area contributed by atoms with Crippen molar-refractivity contribution in [3.05, 3.63) is 11.6 Å². The van der Waals surface area contributed by atoms with Crippen molar-refractivity contribution in [1.29, 1.82) is 0 Å². The van der Waals surface area contributed by atoms with Crippen molar-refractivity contribution in [2.75, 3.05) is 6.61 Å². The first-order valence-electron chi connectivity index (χ1n) is 5.81. The largest absolute Gasteiger partial charge is 0.387 e. The van der Waals surface area contributed by atoms with Gasteiger partial charge in [-0.3, -0.25) is 0 Å². The van der Waals surface area contributed by atoms with Gasteiger partial charge < -0.3 is 14.9 Å². The minimum Gasteiger partial charge on any atom is -0.387 e. The van der Waals surface area contributed by atoms with Crippen LogP contribution in [0.15, 0.2) is 11.6 Å². The van der Waals surface area contributed by atoms with Crippen LogP contribution >= 0.6 is 0 Å². The van der Waals surface area contributed by atoms with E-state index in [1.165, 1.54) is 0 Å². The molecule has 88 valence electrons. The maximum atomic E-state index is 10.1. The highest BCUT2D eigenvalue weighted by atomic mass is 16.5. The zero-order valence-corrected chi connectivity index (χ0v) is 9.57. The van der Waals surface area contributed by atoms with Crippen LogP contribution in [-0.4, -0.2) is 34.6 Å². The number of ether oxygens (including phenoxy) is 1. The Balaban J connectivity index is 2.20. The summed E-state index contributed by atoms with van der Waals surface area (Å²) in [6, 6.07) is 0. The van der Waals surface area contributed by atoms with Crippen LogP contribution in [-0.2, 0) is 4.74 Å². The molecule has 0 bridgehead atoms. The Bertz CT molecular complexity index is 342. The van der Waals surface area contributed by atoms with Gasteiger partial charge >= 0.3 is 0 Å². The number of aliphatic hydroxyl groups excluding tert-OH is 2. The fourth-order valence-electron chi connectivity index (χ4n) is 2.59. The monoisotopic (exact) mass is 222 g/mol. The summed E-state index contributed by atoms with van der Waals surface area (Å²) in [5, 5.41) is 20.0. The van der Waals surface area contributed by atoms with E-state index in [2.05, 4.69) is 11.8 Å². The summed E-state index contributed by atoms with van der Waals surface area (Å²) < 4.78 is 5.72. The Hall–Kier alpha value is -0.820. The summed E-state index contributed by atoms with van der Waals surface area (Å²) in [6.45, 7) is 2.43. The lowest BCUT2D eigenvalue weighted by Gasteiger charge is -2.36. The van der Waals surface area contributed by atoms with E-state index in [1.807, 2.05) is 0 Å². The molecule has 0 aromatic carbocycles. The summed E-state index contributed by atoms with van der Waals surface area (Å²) in [6.07, 6.45) is 3.60. The van der Waals surface area contributed by atoms with Gasteiger partial charge in [0.1, 0.15) is 17.8 Å². The second-order valence-electron chi connectivity index (χ2n) is 4.55. The van der Waals surface area contributed by atoms with Gasteiger partial charge in [0.05, 0.1) is 0 Å². The standard InChI is InChI=1S/C13H18O3/c1-2-3-6-10-9-13(12(15)11(10)14)7-4-5-8-16-13/h6,11-12,14-15H,4-5,7-9H2,1H3. The number of aliphatic hydroxyl groups is 2. The predicted octanol–water partition coefficient (Wildman–Crippen LogP) is 1.00. The number of rotatable bonds is 0. The zero-order chi connectivity index (χ0) is 11.6. The van der Waals surface area contributed by atoms with Crippen LogP contribution in [0, 0.1) is 11.8 Å². The molecular weight excluding hydrogens is 204 g/mol. The molecule has 3 atom stereocenters. The maximum Gasteiger partial charge on any atom is 0.113 e. The average Bonchev–Trinajstić information content (AvgIpc) is 2.53. The molecule has 2 N–H and O–H groups in total. The van der Waals surface area contributed by atoms with Gasteiger partial charge in [-0.25, -0.2) is 0 Å². The Morgan fingerprint density at radius 3 is 2.88 bits per heavy atom. The molecule has 3 unspecified atom stereocenters. The Kier molecular flexibility index (Phi) is 3.34. The van der Waals surface area contributed by atoms with Gasteiger partial charge in [-0.05, 0) is 37.8 Å². The summed E-state index contributed by atoms with van der Waals surface area (Å²) >= 11 is 0. The third-order valence-electron chi connectivity index (χ3n) is 3.51. The normalized spacial score (nSPS) is 41.1. The van der Waals surface area contributed by atoms with Crippen LogP contribution in [0.5, 0.6) is 0 Å². The fourth-order valence-corrected chi connectivity index (χ4v) is 2.59. The van der Waals surface area contributed by atoms with Crippen molar-refractivity contribution >= 4 is 0 Å². The summed E-state index contributed by atoms with van der Waals surface area (Å²) in [7, 11) is 0. The van der Waals surface area contributed by atoms with E-state index < -0.39 is 17.8 Å². The predicted molar refractivity (Wildman–Crippen MR) is 60.7 cm³/mol. The highest BCUT2D eigenvalue weighted by Crippen LogP contribution is 2.43. The van der Waals surface area contributed by atoms with Gasteiger partial charge in [0.2, 0.25) is 0 Å². The molecule has 0 amide bonds. The molecule has 0 aromatic rings. The first kappa shape index (κ1) is 11.7. The molecule has 16 heavy (non-hydrogen) atoms. The van der Waals surface area contributed by atoms with E-state index in [-0.39, 0.29) is 0 Å². The first-order valence-corrected chi connectivity index (χ1v) is 5.81. The smallest absolute Gasteiger partial charge is 0.113 e. The lowest BCUT2D eigenvalue weighted by Crippen LogP contribution is -2.46. The van der Waals surface area contributed by atoms with Crippen LogP contribution in [0.4, 0.5) is 0 Å². The SMILES string of the molecule is CC#CC=C1CC2(CCCCO2)C(O)C1O. The lowest BCUT2D eigenvalue weighted by molar-refractivity contribution is -0.148. The summed E-state index contributed by atoms with van der Waals surface area (Å²) in [5.41, 5.74) is 0.239. The second-order valence-corrected chi connectivity index (χ2v) is 4.55. The second kappa shape index (κ2) is 4.58. The van der Waals surface area contributed by atoms with Gasteiger partial charge in [0.25, 0.3) is 0 Å². The van der Waals surface area contributed by atoms with E-state index in [9.17, 15) is 10.2 Å². The van der Waals surface area contributed by atoms with Crippen molar-refractivity contribution in [2.24, 2.45) is 0 Å². The van der Waals surface area contributed by atoms with Crippen LogP contribution in [0.25, 0.3) is 0 Å². The van der Waals surface area contributed by atoms with Gasteiger partial charge in [-0.2, -0.15) is 0 Å². The Labute approximate surface area is 96.1 Å². The fraction of sp³-hybridized carbons (Fsp3) is 0.692. The minimum atomic E-state index is -0.820. The Morgan fingerprint density at radius 1 is 1.44 bits per heavy atom. The molecule has 0 radical (unpaired) electrons. The van der Waals surface area contributed by atoms with Crippen LogP contribution in [0.1, 0.15) is 32.6 Å². The highest BCUT2D eigenvalue weighted by molar-refractivity contribution is 5.31. The molecule has 1 saturated heterocycles. The lowest BCUT2D eigenvalue weighted by atomic mass is 9.90. The summed E-state index contributed by atoms with van der Waals surface area (Å²) in [4.78, 5) is 0. The molecule has 3 heteroatoms. The van der Waals surface area contributed by atoms with E-state index in [0.717, 1.165) is 24.8 Å². The first-order chi connectivity index (χ1) is 7.69. The molecule has 1 spiro atoms. The molecule has 1 saturated carbocycles. The third kappa shape index (κ3) is 1.89. The number of hydrogen-bond acceptors (Lipinski definition) is 3. The molecule has 0 aromatic heterocycles. The van der Waals surface area contributed by atoms with Gasteiger partial charge in [-0.1, -0.05) is 5.92 Å². The third-order valence-corrected chi connectivity index (χ3v) is 3.51. The molecule has 1 aliphatic heterocycles.